The molecular weight excluding hydrogens is 266 g/mol. The first-order valence-corrected chi connectivity index (χ1v) is 8.13. The Balaban J connectivity index is 1.62. The quantitative estimate of drug-likeness (QED) is 0.925. The predicted octanol–water partition coefficient (Wildman–Crippen LogP) is 2.36. The maximum atomic E-state index is 12.0. The molecule has 0 radical (unpaired) electrons. The highest BCUT2D eigenvalue weighted by Gasteiger charge is 2.27. The maximum absolute atomic E-state index is 12.0. The number of fused-ring (bicyclic) bond motifs is 1. The number of aromatic nitrogens is 1. The number of amides is 1. The molecule has 2 heterocycles. The van der Waals surface area contributed by atoms with E-state index in [4.69, 9.17) is 4.42 Å². The summed E-state index contributed by atoms with van der Waals surface area (Å²) in [6, 6.07) is 0.0975. The molecule has 0 saturated heterocycles. The second-order valence-corrected chi connectivity index (χ2v) is 6.65. The zero-order valence-corrected chi connectivity index (χ0v) is 13.0. The van der Waals surface area contributed by atoms with Crippen LogP contribution in [0, 0.1) is 5.92 Å². The smallest absolute Gasteiger partial charge is 0.307 e. The molecule has 0 atom stereocenters. The van der Waals surface area contributed by atoms with Crippen molar-refractivity contribution in [1.82, 2.24) is 15.2 Å². The second kappa shape index (κ2) is 6.18. The van der Waals surface area contributed by atoms with E-state index in [1.807, 2.05) is 13.8 Å². The van der Waals surface area contributed by atoms with Crippen molar-refractivity contribution >= 4 is 5.91 Å². The van der Waals surface area contributed by atoms with Gasteiger partial charge in [-0.15, -0.1) is 0 Å². The van der Waals surface area contributed by atoms with Crippen molar-refractivity contribution in [2.75, 3.05) is 13.1 Å². The monoisotopic (exact) mass is 291 g/mol. The van der Waals surface area contributed by atoms with Gasteiger partial charge >= 0.3 is 5.91 Å². The van der Waals surface area contributed by atoms with Crippen LogP contribution in [0.5, 0.6) is 0 Å². The van der Waals surface area contributed by atoms with Crippen molar-refractivity contribution < 1.29 is 9.21 Å². The van der Waals surface area contributed by atoms with Gasteiger partial charge in [-0.3, -0.25) is 9.69 Å². The summed E-state index contributed by atoms with van der Waals surface area (Å²) in [7, 11) is 0. The lowest BCUT2D eigenvalue weighted by Crippen LogP contribution is -2.34. The molecule has 3 rings (SSSR count). The van der Waals surface area contributed by atoms with Crippen molar-refractivity contribution in [3.8, 4) is 0 Å². The first kappa shape index (κ1) is 14.6. The number of nitrogens with one attached hydrogen (secondary N) is 1. The Morgan fingerprint density at radius 1 is 1.43 bits per heavy atom. The Kier molecular flexibility index (Phi) is 4.29. The summed E-state index contributed by atoms with van der Waals surface area (Å²) in [5.74, 6) is 1.76. The standard InChI is InChI=1S/C16H25N3O2/c1-11(2)17-15(20)16-18-13-10-19(8-7-14(13)21-16)9-12-5-3-4-6-12/h11-12H,3-10H2,1-2H3,(H,17,20). The van der Waals surface area contributed by atoms with Crippen LogP contribution in [-0.2, 0) is 13.0 Å². The molecule has 1 aliphatic heterocycles. The fraction of sp³-hybridized carbons (Fsp3) is 0.750. The van der Waals surface area contributed by atoms with Gasteiger partial charge < -0.3 is 9.73 Å². The zero-order chi connectivity index (χ0) is 14.8. The lowest BCUT2D eigenvalue weighted by molar-refractivity contribution is 0.0906. The summed E-state index contributed by atoms with van der Waals surface area (Å²) in [4.78, 5) is 18.8. The van der Waals surface area contributed by atoms with Gasteiger partial charge in [0.1, 0.15) is 5.76 Å². The van der Waals surface area contributed by atoms with Crippen molar-refractivity contribution in [1.29, 1.82) is 0 Å². The maximum Gasteiger partial charge on any atom is 0.307 e. The van der Waals surface area contributed by atoms with Gasteiger partial charge in [-0.1, -0.05) is 12.8 Å². The molecule has 1 amide bonds. The molecule has 0 spiro atoms. The second-order valence-electron chi connectivity index (χ2n) is 6.65. The highest BCUT2D eigenvalue weighted by molar-refractivity contribution is 5.89. The van der Waals surface area contributed by atoms with Gasteiger partial charge in [0.25, 0.3) is 5.89 Å². The Hall–Kier alpha value is -1.36. The Morgan fingerprint density at radius 2 is 2.19 bits per heavy atom. The number of carbonyl (C=O) groups excluding carboxylic acids is 1. The van der Waals surface area contributed by atoms with Gasteiger partial charge in [-0.2, -0.15) is 0 Å². The highest BCUT2D eigenvalue weighted by Crippen LogP contribution is 2.28. The summed E-state index contributed by atoms with van der Waals surface area (Å²) in [6.07, 6.45) is 6.36. The van der Waals surface area contributed by atoms with E-state index in [0.717, 1.165) is 36.9 Å². The molecule has 2 aliphatic rings. The average Bonchev–Trinajstić information content (AvgIpc) is 3.06. The highest BCUT2D eigenvalue weighted by atomic mass is 16.4. The van der Waals surface area contributed by atoms with Gasteiger partial charge in [0.05, 0.1) is 5.69 Å². The van der Waals surface area contributed by atoms with Crippen LogP contribution in [0.4, 0.5) is 0 Å². The largest absolute Gasteiger partial charge is 0.437 e. The van der Waals surface area contributed by atoms with Crippen LogP contribution in [0.1, 0.15) is 61.7 Å². The van der Waals surface area contributed by atoms with E-state index in [2.05, 4.69) is 15.2 Å². The molecule has 1 N–H and O–H groups in total. The minimum atomic E-state index is -0.207. The SMILES string of the molecule is CC(C)NC(=O)c1nc2c(o1)CCN(CC1CCCC1)C2. The molecule has 1 fully saturated rings. The summed E-state index contributed by atoms with van der Waals surface area (Å²) in [6.45, 7) is 6.88. The molecular formula is C16H25N3O2. The van der Waals surface area contributed by atoms with Gasteiger partial charge in [-0.05, 0) is 32.6 Å². The fourth-order valence-electron chi connectivity index (χ4n) is 3.39. The van der Waals surface area contributed by atoms with Gasteiger partial charge in [0.2, 0.25) is 0 Å². The predicted molar refractivity (Wildman–Crippen MR) is 80.0 cm³/mol. The first-order valence-electron chi connectivity index (χ1n) is 8.13. The molecule has 1 aliphatic carbocycles. The van der Waals surface area contributed by atoms with E-state index in [9.17, 15) is 4.79 Å². The molecule has 0 unspecified atom stereocenters. The molecule has 1 aromatic heterocycles. The average molecular weight is 291 g/mol. The topological polar surface area (TPSA) is 58.4 Å². The Morgan fingerprint density at radius 3 is 2.90 bits per heavy atom. The summed E-state index contributed by atoms with van der Waals surface area (Å²) in [5, 5.41) is 2.83. The van der Waals surface area contributed by atoms with Crippen molar-refractivity contribution in [3.63, 3.8) is 0 Å². The number of rotatable bonds is 4. The summed E-state index contributed by atoms with van der Waals surface area (Å²) < 4.78 is 5.64. The van der Waals surface area contributed by atoms with Crippen LogP contribution in [-0.4, -0.2) is 34.9 Å². The summed E-state index contributed by atoms with van der Waals surface area (Å²) in [5.41, 5.74) is 0.952. The van der Waals surface area contributed by atoms with Crippen molar-refractivity contribution in [3.05, 3.63) is 17.3 Å². The zero-order valence-electron chi connectivity index (χ0n) is 13.0. The Bertz CT molecular complexity index is 504. The summed E-state index contributed by atoms with van der Waals surface area (Å²) >= 11 is 0. The van der Waals surface area contributed by atoms with E-state index < -0.39 is 0 Å². The lowest BCUT2D eigenvalue weighted by Gasteiger charge is -2.27. The Labute approximate surface area is 126 Å². The fourth-order valence-corrected chi connectivity index (χ4v) is 3.39. The van der Waals surface area contributed by atoms with Crippen molar-refractivity contribution in [2.45, 2.75) is 58.5 Å². The normalized spacial score (nSPS) is 20.0. The molecule has 1 aromatic rings. The van der Waals surface area contributed by atoms with Gasteiger partial charge in [0, 0.05) is 32.1 Å². The molecule has 5 heteroatoms. The molecule has 1 saturated carbocycles. The van der Waals surface area contributed by atoms with E-state index >= 15 is 0 Å². The first-order chi connectivity index (χ1) is 10.1. The molecule has 5 nitrogen and oxygen atoms in total. The number of nitrogens with zero attached hydrogens (tertiary/aromatic N) is 2. The van der Waals surface area contributed by atoms with Gasteiger partial charge in [0.15, 0.2) is 0 Å². The van der Waals surface area contributed by atoms with Crippen LogP contribution < -0.4 is 5.32 Å². The minimum absolute atomic E-state index is 0.0975. The molecule has 0 aromatic carbocycles. The van der Waals surface area contributed by atoms with Crippen molar-refractivity contribution in [2.24, 2.45) is 5.92 Å². The third-order valence-electron chi connectivity index (χ3n) is 4.41. The van der Waals surface area contributed by atoms with E-state index in [1.54, 1.807) is 0 Å². The van der Waals surface area contributed by atoms with Crippen LogP contribution in [0.3, 0.4) is 0 Å². The van der Waals surface area contributed by atoms with Crippen LogP contribution >= 0.6 is 0 Å². The molecule has 116 valence electrons. The number of carbonyl (C=O) groups is 1. The molecule has 0 bridgehead atoms. The van der Waals surface area contributed by atoms with Gasteiger partial charge in [-0.25, -0.2) is 4.98 Å². The van der Waals surface area contributed by atoms with E-state index in [0.29, 0.717) is 0 Å². The lowest BCUT2D eigenvalue weighted by atomic mass is 10.1. The number of hydrogen-bond acceptors (Lipinski definition) is 4. The third kappa shape index (κ3) is 3.46. The van der Waals surface area contributed by atoms with Crippen LogP contribution in [0.2, 0.25) is 0 Å². The minimum Gasteiger partial charge on any atom is -0.437 e. The molecule has 21 heavy (non-hydrogen) atoms. The van der Waals surface area contributed by atoms with E-state index in [-0.39, 0.29) is 17.8 Å². The van der Waals surface area contributed by atoms with Crippen LogP contribution in [0.15, 0.2) is 4.42 Å². The van der Waals surface area contributed by atoms with Crippen LogP contribution in [0.25, 0.3) is 0 Å². The third-order valence-corrected chi connectivity index (χ3v) is 4.41. The number of hydrogen-bond donors (Lipinski definition) is 1. The van der Waals surface area contributed by atoms with E-state index in [1.165, 1.54) is 32.2 Å². The number of oxazole rings is 1.